The highest BCUT2D eigenvalue weighted by atomic mass is 19.3. The smallest absolute Gasteiger partial charge is 0.244 e. The van der Waals surface area contributed by atoms with Crippen LogP contribution in [0.2, 0.25) is 0 Å². The van der Waals surface area contributed by atoms with Crippen LogP contribution in [0.25, 0.3) is 0 Å². The molecule has 0 spiro atoms. The Morgan fingerprint density at radius 2 is 1.45 bits per heavy atom. The molecule has 3 saturated carbocycles. The Balaban J connectivity index is 1.77. The van der Waals surface area contributed by atoms with Crippen molar-refractivity contribution in [3.8, 4) is 0 Å². The Hall–Kier alpha value is -0.280. The highest BCUT2D eigenvalue weighted by molar-refractivity contribution is 5.06. The average molecular weight is 292 g/mol. The third kappa shape index (κ3) is 2.27. The predicted octanol–water partition coefficient (Wildman–Crippen LogP) is 5.17. The van der Waals surface area contributed by atoms with Crippen LogP contribution in [0.4, 0.5) is 17.6 Å². The lowest BCUT2D eigenvalue weighted by atomic mass is 9.74. The minimum absolute atomic E-state index is 0.0112. The van der Waals surface area contributed by atoms with E-state index in [1.165, 1.54) is 0 Å². The van der Waals surface area contributed by atoms with Crippen LogP contribution in [0.3, 0.4) is 0 Å². The van der Waals surface area contributed by atoms with Gasteiger partial charge in [0.15, 0.2) is 0 Å². The summed E-state index contributed by atoms with van der Waals surface area (Å²) in [6.45, 7) is 2.16. The Labute approximate surface area is 118 Å². The molecular weight excluding hydrogens is 268 g/mol. The lowest BCUT2D eigenvalue weighted by molar-refractivity contribution is -0.139. The Bertz CT molecular complexity index is 348. The summed E-state index contributed by atoms with van der Waals surface area (Å²) in [7, 11) is 0. The minimum atomic E-state index is -3.01. The molecule has 0 saturated heterocycles. The van der Waals surface area contributed by atoms with Crippen LogP contribution in [0.5, 0.6) is 0 Å². The normalized spacial score (nSPS) is 51.8. The zero-order chi connectivity index (χ0) is 14.5. The number of fused-ring (bicyclic) bond motifs is 1. The summed E-state index contributed by atoms with van der Waals surface area (Å²) in [6, 6.07) is 0. The minimum Gasteiger partial charge on any atom is -0.244 e. The zero-order valence-electron chi connectivity index (χ0n) is 12.0. The molecule has 3 aliphatic rings. The van der Waals surface area contributed by atoms with Crippen LogP contribution in [0.15, 0.2) is 0 Å². The van der Waals surface area contributed by atoms with Gasteiger partial charge in [-0.2, -0.15) is 0 Å². The molecule has 0 bridgehead atoms. The van der Waals surface area contributed by atoms with Crippen molar-refractivity contribution in [2.24, 2.45) is 29.6 Å². The van der Waals surface area contributed by atoms with Crippen LogP contribution >= 0.6 is 0 Å². The van der Waals surface area contributed by atoms with Gasteiger partial charge < -0.3 is 0 Å². The third-order valence-corrected chi connectivity index (χ3v) is 6.13. The largest absolute Gasteiger partial charge is 0.257 e. The maximum atomic E-state index is 14.6. The molecule has 0 aromatic heterocycles. The Morgan fingerprint density at radius 3 is 2.10 bits per heavy atom. The van der Waals surface area contributed by atoms with Crippen molar-refractivity contribution in [3.05, 3.63) is 0 Å². The van der Waals surface area contributed by atoms with Crippen molar-refractivity contribution in [3.63, 3.8) is 0 Å². The monoisotopic (exact) mass is 292 g/mol. The van der Waals surface area contributed by atoms with Gasteiger partial charge in [0, 0.05) is 5.92 Å². The van der Waals surface area contributed by atoms with Crippen LogP contribution in [0.1, 0.15) is 51.9 Å². The SMILES string of the molecule is CC1CCC(C2CC3CCC(F)C(F)C3C2(F)F)CC1. The first kappa shape index (κ1) is 14.6. The maximum absolute atomic E-state index is 14.6. The molecule has 0 aliphatic heterocycles. The second-order valence-corrected chi connectivity index (χ2v) is 7.36. The van der Waals surface area contributed by atoms with Gasteiger partial charge in [-0.3, -0.25) is 0 Å². The fraction of sp³-hybridized carbons (Fsp3) is 1.00. The van der Waals surface area contributed by atoms with E-state index in [2.05, 4.69) is 6.92 Å². The molecule has 20 heavy (non-hydrogen) atoms. The second-order valence-electron chi connectivity index (χ2n) is 7.36. The van der Waals surface area contributed by atoms with Crippen LogP contribution in [0, 0.1) is 29.6 Å². The maximum Gasteiger partial charge on any atom is 0.257 e. The predicted molar refractivity (Wildman–Crippen MR) is 70.2 cm³/mol. The van der Waals surface area contributed by atoms with Crippen LogP contribution in [-0.2, 0) is 0 Å². The molecule has 0 heterocycles. The number of halogens is 4. The lowest BCUT2D eigenvalue weighted by Crippen LogP contribution is -2.45. The van der Waals surface area contributed by atoms with E-state index in [4.69, 9.17) is 0 Å². The molecule has 116 valence electrons. The van der Waals surface area contributed by atoms with Gasteiger partial charge in [0.1, 0.15) is 12.3 Å². The van der Waals surface area contributed by atoms with E-state index in [9.17, 15) is 17.6 Å². The van der Waals surface area contributed by atoms with Gasteiger partial charge in [-0.1, -0.05) is 19.8 Å². The highest BCUT2D eigenvalue weighted by Gasteiger charge is 2.64. The van der Waals surface area contributed by atoms with Gasteiger partial charge in [-0.25, -0.2) is 17.6 Å². The highest BCUT2D eigenvalue weighted by Crippen LogP contribution is 2.59. The van der Waals surface area contributed by atoms with E-state index in [1.807, 2.05) is 0 Å². The van der Waals surface area contributed by atoms with E-state index >= 15 is 0 Å². The summed E-state index contributed by atoms with van der Waals surface area (Å²) in [5.74, 6) is -4.77. The van der Waals surface area contributed by atoms with Crippen molar-refractivity contribution in [1.29, 1.82) is 0 Å². The molecular formula is C16H24F4. The van der Waals surface area contributed by atoms with Crippen molar-refractivity contribution in [2.45, 2.75) is 70.1 Å². The molecule has 0 radical (unpaired) electrons. The van der Waals surface area contributed by atoms with Crippen LogP contribution < -0.4 is 0 Å². The Kier molecular flexibility index (Phi) is 3.79. The van der Waals surface area contributed by atoms with Crippen molar-refractivity contribution < 1.29 is 17.6 Å². The first-order chi connectivity index (χ1) is 9.41. The molecule has 0 amide bonds. The fourth-order valence-electron chi connectivity index (χ4n) is 4.91. The summed E-state index contributed by atoms with van der Waals surface area (Å²) in [6.07, 6.45) is 0.962. The van der Waals surface area contributed by atoms with Gasteiger partial charge >= 0.3 is 0 Å². The number of hydrogen-bond donors (Lipinski definition) is 0. The van der Waals surface area contributed by atoms with Gasteiger partial charge in [0.2, 0.25) is 0 Å². The third-order valence-electron chi connectivity index (χ3n) is 6.13. The topological polar surface area (TPSA) is 0 Å². The molecule has 0 aromatic carbocycles. The zero-order valence-corrected chi connectivity index (χ0v) is 12.0. The first-order valence-electron chi connectivity index (χ1n) is 8.07. The molecule has 5 unspecified atom stereocenters. The number of rotatable bonds is 1. The van der Waals surface area contributed by atoms with Crippen molar-refractivity contribution in [2.75, 3.05) is 0 Å². The molecule has 5 atom stereocenters. The van der Waals surface area contributed by atoms with E-state index in [0.29, 0.717) is 18.8 Å². The average Bonchev–Trinajstić information content (AvgIpc) is 2.67. The first-order valence-corrected chi connectivity index (χ1v) is 8.07. The second kappa shape index (κ2) is 5.17. The number of alkyl halides is 4. The van der Waals surface area contributed by atoms with E-state index in [1.54, 1.807) is 0 Å². The van der Waals surface area contributed by atoms with Gasteiger partial charge in [-0.15, -0.1) is 0 Å². The van der Waals surface area contributed by atoms with Gasteiger partial charge in [0.25, 0.3) is 5.92 Å². The molecule has 3 rings (SSSR count). The van der Waals surface area contributed by atoms with Crippen molar-refractivity contribution >= 4 is 0 Å². The molecule has 0 nitrogen and oxygen atoms in total. The lowest BCUT2D eigenvalue weighted by Gasteiger charge is -2.37. The summed E-state index contributed by atoms with van der Waals surface area (Å²) in [5, 5.41) is 0. The Morgan fingerprint density at radius 1 is 0.850 bits per heavy atom. The van der Waals surface area contributed by atoms with E-state index < -0.39 is 30.1 Å². The van der Waals surface area contributed by atoms with Crippen molar-refractivity contribution in [1.82, 2.24) is 0 Å². The summed E-state index contributed by atoms with van der Waals surface area (Å²) in [4.78, 5) is 0. The summed E-state index contributed by atoms with van der Waals surface area (Å²) in [5.41, 5.74) is 0. The number of hydrogen-bond acceptors (Lipinski definition) is 0. The standard InChI is InChI=1S/C16H24F4/c1-9-2-4-10(5-3-9)12-8-11-6-7-13(17)15(18)14(11)16(12,19)20/h9-15H,2-8H2,1H3. The van der Waals surface area contributed by atoms with E-state index in [-0.39, 0.29) is 18.3 Å². The summed E-state index contributed by atoms with van der Waals surface area (Å²) >= 11 is 0. The van der Waals surface area contributed by atoms with Gasteiger partial charge in [0.05, 0.1) is 5.92 Å². The molecule has 0 N–H and O–H groups in total. The summed E-state index contributed by atoms with van der Waals surface area (Å²) < 4.78 is 56.7. The van der Waals surface area contributed by atoms with E-state index in [0.717, 1.165) is 25.7 Å². The molecule has 4 heteroatoms. The van der Waals surface area contributed by atoms with Gasteiger partial charge in [-0.05, 0) is 49.9 Å². The molecule has 3 aliphatic carbocycles. The van der Waals surface area contributed by atoms with Crippen LogP contribution in [-0.4, -0.2) is 18.3 Å². The fourth-order valence-corrected chi connectivity index (χ4v) is 4.91. The molecule has 3 fully saturated rings. The quantitative estimate of drug-likeness (QED) is 0.585. The molecule has 0 aromatic rings.